The minimum atomic E-state index is -0.312. The van der Waals surface area contributed by atoms with E-state index in [2.05, 4.69) is 20.6 Å². The number of halogens is 1. The van der Waals surface area contributed by atoms with Gasteiger partial charge in [-0.2, -0.15) is 10.2 Å². The molecule has 0 spiro atoms. The molecule has 3 rings (SSSR count). The third-order valence-electron chi connectivity index (χ3n) is 4.00. The molecule has 0 saturated heterocycles. The lowest BCUT2D eigenvalue weighted by atomic mass is 10.2. The molecule has 2 heterocycles. The average Bonchev–Trinajstić information content (AvgIpc) is 2.91. The second-order valence-corrected chi connectivity index (χ2v) is 6.18. The number of nitrogens with one attached hydrogen (secondary N) is 1. The first kappa shape index (κ1) is 17.8. The van der Waals surface area contributed by atoms with Crippen LogP contribution in [0.4, 0.5) is 0 Å². The maximum absolute atomic E-state index is 12.0. The van der Waals surface area contributed by atoms with Crippen LogP contribution in [-0.2, 0) is 6.54 Å². The Kier molecular flexibility index (Phi) is 5.43. The molecule has 132 valence electrons. The van der Waals surface area contributed by atoms with Crippen molar-refractivity contribution in [2.75, 3.05) is 0 Å². The summed E-state index contributed by atoms with van der Waals surface area (Å²) in [6.45, 7) is 4.43. The number of hydrogen-bond acceptors (Lipinski definition) is 4. The number of aryl methyl sites for hydroxylation is 1. The molecule has 6 nitrogen and oxygen atoms in total. The highest BCUT2D eigenvalue weighted by Gasteiger charge is 2.11. The van der Waals surface area contributed by atoms with Crippen molar-refractivity contribution in [3.8, 4) is 0 Å². The predicted octanol–water partition coefficient (Wildman–Crippen LogP) is 3.36. The van der Waals surface area contributed by atoms with Crippen molar-refractivity contribution >= 4 is 23.7 Å². The van der Waals surface area contributed by atoms with Crippen molar-refractivity contribution in [3.63, 3.8) is 0 Å². The van der Waals surface area contributed by atoms with Crippen LogP contribution in [0.2, 0.25) is 5.02 Å². The van der Waals surface area contributed by atoms with E-state index in [0.29, 0.717) is 17.1 Å². The fraction of sp³-hybridized carbons (Fsp3) is 0.158. The third-order valence-corrected chi connectivity index (χ3v) is 4.37. The number of aromatic nitrogens is 3. The van der Waals surface area contributed by atoms with Gasteiger partial charge in [-0.25, -0.2) is 5.43 Å². The molecule has 1 N–H and O–H groups in total. The molecule has 0 aliphatic rings. The van der Waals surface area contributed by atoms with Crippen LogP contribution in [0.1, 0.15) is 32.9 Å². The van der Waals surface area contributed by atoms with Gasteiger partial charge in [-0.05, 0) is 37.6 Å². The van der Waals surface area contributed by atoms with Gasteiger partial charge in [-0.3, -0.25) is 14.5 Å². The number of amides is 1. The normalized spacial score (nSPS) is 11.0. The van der Waals surface area contributed by atoms with Gasteiger partial charge in [0.1, 0.15) is 0 Å². The van der Waals surface area contributed by atoms with Gasteiger partial charge in [-0.15, -0.1) is 0 Å². The first-order chi connectivity index (χ1) is 12.6. The average molecular weight is 368 g/mol. The Morgan fingerprint density at radius 3 is 2.81 bits per heavy atom. The van der Waals surface area contributed by atoms with E-state index >= 15 is 0 Å². The number of carbonyl (C=O) groups is 1. The summed E-state index contributed by atoms with van der Waals surface area (Å²) in [5.41, 5.74) is 6.59. The summed E-state index contributed by atoms with van der Waals surface area (Å²) in [6.07, 6.45) is 4.71. The summed E-state index contributed by atoms with van der Waals surface area (Å²) in [6, 6.07) is 11.1. The highest BCUT2D eigenvalue weighted by molar-refractivity contribution is 6.31. The van der Waals surface area contributed by atoms with Gasteiger partial charge >= 0.3 is 0 Å². The molecular weight excluding hydrogens is 350 g/mol. The lowest BCUT2D eigenvalue weighted by Gasteiger charge is -2.06. The second-order valence-electron chi connectivity index (χ2n) is 5.77. The standard InChI is InChI=1S/C19H18ClN5O/c1-13-17(11-22-23-19(26)15-7-5-9-21-10-15)14(2)25(24-13)12-16-6-3-4-8-18(16)20/h3-11H,12H2,1-2H3,(H,23,26)/b22-11+. The quantitative estimate of drug-likeness (QED) is 0.555. The molecule has 1 aromatic carbocycles. The molecule has 0 bridgehead atoms. The van der Waals surface area contributed by atoms with Crippen LogP contribution < -0.4 is 5.43 Å². The van der Waals surface area contributed by atoms with Crippen molar-refractivity contribution in [1.29, 1.82) is 0 Å². The van der Waals surface area contributed by atoms with Gasteiger partial charge in [-0.1, -0.05) is 29.8 Å². The Labute approximate surface area is 156 Å². The lowest BCUT2D eigenvalue weighted by Crippen LogP contribution is -2.17. The third kappa shape index (κ3) is 3.97. The number of nitrogens with zero attached hydrogens (tertiary/aromatic N) is 4. The maximum Gasteiger partial charge on any atom is 0.272 e. The summed E-state index contributed by atoms with van der Waals surface area (Å²) in [5, 5.41) is 9.30. The van der Waals surface area contributed by atoms with E-state index in [1.165, 1.54) is 6.20 Å². The summed E-state index contributed by atoms with van der Waals surface area (Å²) >= 11 is 6.23. The van der Waals surface area contributed by atoms with E-state index in [1.807, 2.05) is 42.8 Å². The van der Waals surface area contributed by atoms with E-state index in [0.717, 1.165) is 22.5 Å². The van der Waals surface area contributed by atoms with Crippen molar-refractivity contribution in [2.45, 2.75) is 20.4 Å². The number of carbonyl (C=O) groups excluding carboxylic acids is 1. The number of benzene rings is 1. The van der Waals surface area contributed by atoms with Crippen molar-refractivity contribution in [3.05, 3.63) is 81.9 Å². The molecule has 1 amide bonds. The molecule has 0 atom stereocenters. The molecule has 0 aliphatic carbocycles. The van der Waals surface area contributed by atoms with Crippen LogP contribution in [0.25, 0.3) is 0 Å². The molecule has 0 radical (unpaired) electrons. The Balaban J connectivity index is 1.74. The highest BCUT2D eigenvalue weighted by atomic mass is 35.5. The minimum Gasteiger partial charge on any atom is -0.267 e. The second kappa shape index (κ2) is 7.93. The molecule has 3 aromatic rings. The van der Waals surface area contributed by atoms with Gasteiger partial charge in [0.25, 0.3) is 5.91 Å². The van der Waals surface area contributed by atoms with Crippen LogP contribution in [0.5, 0.6) is 0 Å². The van der Waals surface area contributed by atoms with E-state index in [1.54, 1.807) is 24.5 Å². The molecule has 26 heavy (non-hydrogen) atoms. The zero-order valence-corrected chi connectivity index (χ0v) is 15.2. The lowest BCUT2D eigenvalue weighted by molar-refractivity contribution is 0.0955. The van der Waals surface area contributed by atoms with Crippen LogP contribution >= 0.6 is 11.6 Å². The van der Waals surface area contributed by atoms with Crippen molar-refractivity contribution in [1.82, 2.24) is 20.2 Å². The first-order valence-electron chi connectivity index (χ1n) is 8.07. The monoisotopic (exact) mass is 367 g/mol. The van der Waals surface area contributed by atoms with Crippen LogP contribution in [0.3, 0.4) is 0 Å². The van der Waals surface area contributed by atoms with E-state index < -0.39 is 0 Å². The largest absolute Gasteiger partial charge is 0.272 e. The molecule has 0 unspecified atom stereocenters. The SMILES string of the molecule is Cc1nn(Cc2ccccc2Cl)c(C)c1/C=N/NC(=O)c1cccnc1. The van der Waals surface area contributed by atoms with Gasteiger partial charge in [0.15, 0.2) is 0 Å². The van der Waals surface area contributed by atoms with Crippen molar-refractivity contribution < 1.29 is 4.79 Å². The molecule has 0 saturated carbocycles. The van der Waals surface area contributed by atoms with Gasteiger partial charge in [0.05, 0.1) is 24.0 Å². The zero-order valence-electron chi connectivity index (χ0n) is 14.5. The Morgan fingerprint density at radius 2 is 2.08 bits per heavy atom. The Morgan fingerprint density at radius 1 is 1.27 bits per heavy atom. The highest BCUT2D eigenvalue weighted by Crippen LogP contribution is 2.18. The van der Waals surface area contributed by atoms with Crippen LogP contribution in [0.15, 0.2) is 53.9 Å². The van der Waals surface area contributed by atoms with Crippen LogP contribution in [-0.4, -0.2) is 26.9 Å². The summed E-state index contributed by atoms with van der Waals surface area (Å²) in [7, 11) is 0. The summed E-state index contributed by atoms with van der Waals surface area (Å²) in [5.74, 6) is -0.312. The topological polar surface area (TPSA) is 72.2 Å². The van der Waals surface area contributed by atoms with Gasteiger partial charge < -0.3 is 0 Å². The van der Waals surface area contributed by atoms with Gasteiger partial charge in [0, 0.05) is 28.7 Å². The van der Waals surface area contributed by atoms with Gasteiger partial charge in [0.2, 0.25) is 0 Å². The number of rotatable bonds is 5. The fourth-order valence-corrected chi connectivity index (χ4v) is 2.75. The number of hydrazone groups is 1. The van der Waals surface area contributed by atoms with E-state index in [4.69, 9.17) is 11.6 Å². The molecule has 0 aliphatic heterocycles. The molecule has 7 heteroatoms. The van der Waals surface area contributed by atoms with E-state index in [-0.39, 0.29) is 5.91 Å². The van der Waals surface area contributed by atoms with Crippen molar-refractivity contribution in [2.24, 2.45) is 5.10 Å². The number of pyridine rings is 1. The summed E-state index contributed by atoms with van der Waals surface area (Å²) < 4.78 is 1.88. The summed E-state index contributed by atoms with van der Waals surface area (Å²) in [4.78, 5) is 15.9. The fourth-order valence-electron chi connectivity index (χ4n) is 2.56. The molecule has 0 fully saturated rings. The van der Waals surface area contributed by atoms with Crippen LogP contribution in [0, 0.1) is 13.8 Å². The molecular formula is C19H18ClN5O. The Hall–Kier alpha value is -2.99. The van der Waals surface area contributed by atoms with E-state index in [9.17, 15) is 4.79 Å². The first-order valence-corrected chi connectivity index (χ1v) is 8.45. The predicted molar refractivity (Wildman–Crippen MR) is 102 cm³/mol. The number of hydrogen-bond donors (Lipinski definition) is 1. The molecule has 2 aromatic heterocycles. The smallest absolute Gasteiger partial charge is 0.267 e. The zero-order chi connectivity index (χ0) is 18.5. The maximum atomic E-state index is 12.0. The Bertz CT molecular complexity index is 950. The minimum absolute atomic E-state index is 0.312.